The third kappa shape index (κ3) is 2.90. The molecule has 6 heteroatoms. The van der Waals surface area contributed by atoms with E-state index in [4.69, 9.17) is 22.4 Å². The third-order valence-corrected chi connectivity index (χ3v) is 2.41. The zero-order valence-electron chi connectivity index (χ0n) is 8.21. The topological polar surface area (TPSA) is 63.3 Å². The summed E-state index contributed by atoms with van der Waals surface area (Å²) in [4.78, 5) is 10.3. The quantitative estimate of drug-likeness (QED) is 0.806. The van der Waals surface area contributed by atoms with Crippen LogP contribution in [-0.2, 0) is 4.79 Å². The molecule has 0 saturated heterocycles. The first-order valence-corrected chi connectivity index (χ1v) is 4.92. The largest absolute Gasteiger partial charge is 0.481 e. The minimum absolute atomic E-state index is 0.0521. The van der Waals surface area contributed by atoms with Crippen LogP contribution in [-0.4, -0.2) is 11.1 Å². The van der Waals surface area contributed by atoms with E-state index in [1.807, 2.05) is 0 Å². The van der Waals surface area contributed by atoms with Crippen LogP contribution in [0.25, 0.3) is 0 Å². The average Bonchev–Trinajstić information content (AvgIpc) is 2.21. The van der Waals surface area contributed by atoms with E-state index >= 15 is 0 Å². The van der Waals surface area contributed by atoms with Gasteiger partial charge in [0, 0.05) is 18.0 Å². The minimum atomic E-state index is -1.07. The van der Waals surface area contributed by atoms with Gasteiger partial charge in [-0.05, 0) is 18.6 Å². The summed E-state index contributed by atoms with van der Waals surface area (Å²) in [6.45, 7) is 0. The number of halogens is 3. The van der Waals surface area contributed by atoms with Crippen molar-refractivity contribution in [1.82, 2.24) is 0 Å². The minimum Gasteiger partial charge on any atom is -0.481 e. The summed E-state index contributed by atoms with van der Waals surface area (Å²) in [6.07, 6.45) is -0.309. The third-order valence-electron chi connectivity index (χ3n) is 2.12. The Hall–Kier alpha value is -1.20. The molecule has 0 amide bonds. The molecule has 0 radical (unpaired) electrons. The molecule has 1 aromatic carbocycles. The van der Waals surface area contributed by atoms with Crippen LogP contribution in [0.2, 0.25) is 5.02 Å². The molecule has 1 rings (SSSR count). The molecule has 0 aliphatic rings. The number of hydrogen-bond donors (Lipinski definition) is 2. The predicted octanol–water partition coefficient (Wildman–Crippen LogP) is 2.48. The van der Waals surface area contributed by atoms with Crippen molar-refractivity contribution in [2.24, 2.45) is 5.73 Å². The van der Waals surface area contributed by atoms with Crippen LogP contribution in [0.15, 0.2) is 12.1 Å². The molecule has 0 aliphatic heterocycles. The summed E-state index contributed by atoms with van der Waals surface area (Å²) in [7, 11) is 0. The van der Waals surface area contributed by atoms with Crippen molar-refractivity contribution in [2.45, 2.75) is 18.9 Å². The van der Waals surface area contributed by atoms with E-state index < -0.39 is 23.6 Å². The zero-order chi connectivity index (χ0) is 12.3. The standard InChI is InChI=1S/C10H10ClF2NO2/c11-5-1-2-6(12)9(10(5)13)7(14)3-4-8(15)16/h1-2,7H,3-4,14H2,(H,15,16). The summed E-state index contributed by atoms with van der Waals surface area (Å²) in [5, 5.41) is 8.20. The first kappa shape index (κ1) is 12.9. The molecule has 0 spiro atoms. The Morgan fingerprint density at radius 1 is 1.50 bits per heavy atom. The van der Waals surface area contributed by atoms with Crippen LogP contribution in [0.1, 0.15) is 24.4 Å². The van der Waals surface area contributed by atoms with E-state index in [1.54, 1.807) is 0 Å². The first-order chi connectivity index (χ1) is 7.43. The van der Waals surface area contributed by atoms with E-state index in [9.17, 15) is 13.6 Å². The smallest absolute Gasteiger partial charge is 0.303 e. The van der Waals surface area contributed by atoms with Gasteiger partial charge in [-0.1, -0.05) is 11.6 Å². The predicted molar refractivity (Wildman–Crippen MR) is 55.2 cm³/mol. The Bertz CT molecular complexity index is 412. The highest BCUT2D eigenvalue weighted by Gasteiger charge is 2.19. The van der Waals surface area contributed by atoms with Gasteiger partial charge >= 0.3 is 5.97 Å². The molecule has 0 heterocycles. The van der Waals surface area contributed by atoms with Gasteiger partial charge < -0.3 is 10.8 Å². The van der Waals surface area contributed by atoms with Crippen LogP contribution >= 0.6 is 11.6 Å². The van der Waals surface area contributed by atoms with E-state index in [2.05, 4.69) is 0 Å². The second-order valence-corrected chi connectivity index (χ2v) is 3.70. The summed E-state index contributed by atoms with van der Waals surface area (Å²) in [6, 6.07) is 1.07. The maximum Gasteiger partial charge on any atom is 0.303 e. The highest BCUT2D eigenvalue weighted by Crippen LogP contribution is 2.27. The fourth-order valence-corrected chi connectivity index (χ4v) is 1.47. The monoisotopic (exact) mass is 249 g/mol. The van der Waals surface area contributed by atoms with Gasteiger partial charge in [0.05, 0.1) is 5.02 Å². The van der Waals surface area contributed by atoms with Gasteiger partial charge in [0.1, 0.15) is 11.6 Å². The highest BCUT2D eigenvalue weighted by molar-refractivity contribution is 6.30. The van der Waals surface area contributed by atoms with Crippen LogP contribution < -0.4 is 5.73 Å². The number of carbonyl (C=O) groups is 1. The maximum atomic E-state index is 13.4. The second-order valence-electron chi connectivity index (χ2n) is 3.30. The number of carboxylic acids is 1. The Labute approximate surface area is 95.8 Å². The Morgan fingerprint density at radius 2 is 2.12 bits per heavy atom. The number of rotatable bonds is 4. The van der Waals surface area contributed by atoms with E-state index in [0.717, 1.165) is 12.1 Å². The van der Waals surface area contributed by atoms with Crippen LogP contribution in [0, 0.1) is 11.6 Å². The highest BCUT2D eigenvalue weighted by atomic mass is 35.5. The van der Waals surface area contributed by atoms with Crippen molar-refractivity contribution >= 4 is 17.6 Å². The SMILES string of the molecule is NC(CCC(=O)O)c1c(F)ccc(Cl)c1F. The molecule has 0 saturated carbocycles. The molecule has 0 fully saturated rings. The number of hydrogen-bond acceptors (Lipinski definition) is 2. The number of benzene rings is 1. The Kier molecular flexibility index (Phi) is 4.20. The molecule has 0 aromatic heterocycles. The normalized spacial score (nSPS) is 12.5. The van der Waals surface area contributed by atoms with Gasteiger partial charge in [0.15, 0.2) is 0 Å². The molecule has 16 heavy (non-hydrogen) atoms. The van der Waals surface area contributed by atoms with Gasteiger partial charge in [0.25, 0.3) is 0 Å². The Morgan fingerprint density at radius 3 is 2.69 bits per heavy atom. The fourth-order valence-electron chi connectivity index (χ4n) is 1.31. The lowest BCUT2D eigenvalue weighted by Gasteiger charge is -2.13. The van der Waals surface area contributed by atoms with Gasteiger partial charge in [-0.25, -0.2) is 8.78 Å². The average molecular weight is 250 g/mol. The zero-order valence-corrected chi connectivity index (χ0v) is 8.97. The molecular formula is C10H10ClF2NO2. The van der Waals surface area contributed by atoms with Crippen LogP contribution in [0.5, 0.6) is 0 Å². The summed E-state index contributed by atoms with van der Waals surface area (Å²) in [5.74, 6) is -2.82. The molecule has 1 unspecified atom stereocenters. The van der Waals surface area contributed by atoms with Crippen molar-refractivity contribution in [3.8, 4) is 0 Å². The molecule has 0 aliphatic carbocycles. The summed E-state index contributed by atoms with van der Waals surface area (Å²) in [5.41, 5.74) is 5.14. The summed E-state index contributed by atoms with van der Waals surface area (Å²) >= 11 is 5.48. The van der Waals surface area contributed by atoms with Crippen molar-refractivity contribution in [3.63, 3.8) is 0 Å². The molecule has 1 aromatic rings. The van der Waals surface area contributed by atoms with E-state index in [1.165, 1.54) is 0 Å². The maximum absolute atomic E-state index is 13.4. The lowest BCUT2D eigenvalue weighted by Crippen LogP contribution is -2.16. The number of aliphatic carboxylic acids is 1. The number of nitrogens with two attached hydrogens (primary N) is 1. The molecule has 1 atom stereocenters. The van der Waals surface area contributed by atoms with Gasteiger partial charge in [-0.2, -0.15) is 0 Å². The van der Waals surface area contributed by atoms with Crippen molar-refractivity contribution < 1.29 is 18.7 Å². The second kappa shape index (κ2) is 5.23. The lowest BCUT2D eigenvalue weighted by molar-refractivity contribution is -0.137. The molecule has 0 bridgehead atoms. The molecule has 88 valence electrons. The van der Waals surface area contributed by atoms with Crippen molar-refractivity contribution in [2.75, 3.05) is 0 Å². The summed E-state index contributed by atoms with van der Waals surface area (Å²) < 4.78 is 26.7. The molecule has 3 N–H and O–H groups in total. The van der Waals surface area contributed by atoms with Gasteiger partial charge in [-0.15, -0.1) is 0 Å². The van der Waals surface area contributed by atoms with Crippen molar-refractivity contribution in [3.05, 3.63) is 34.4 Å². The molecule has 3 nitrogen and oxygen atoms in total. The Balaban J connectivity index is 2.94. The van der Waals surface area contributed by atoms with Crippen LogP contribution in [0.3, 0.4) is 0 Å². The first-order valence-electron chi connectivity index (χ1n) is 4.54. The van der Waals surface area contributed by atoms with Crippen LogP contribution in [0.4, 0.5) is 8.78 Å². The van der Waals surface area contributed by atoms with Crippen molar-refractivity contribution in [1.29, 1.82) is 0 Å². The lowest BCUT2D eigenvalue weighted by atomic mass is 10.0. The number of carboxylic acid groups (broad SMARTS) is 1. The van der Waals surface area contributed by atoms with Gasteiger partial charge in [-0.3, -0.25) is 4.79 Å². The molecular weight excluding hydrogens is 240 g/mol. The van der Waals surface area contributed by atoms with Gasteiger partial charge in [0.2, 0.25) is 0 Å². The fraction of sp³-hybridized carbons (Fsp3) is 0.300. The van der Waals surface area contributed by atoms with E-state index in [-0.39, 0.29) is 23.4 Å². The van der Waals surface area contributed by atoms with E-state index in [0.29, 0.717) is 0 Å².